The first-order valence-electron chi connectivity index (χ1n) is 5.81. The zero-order valence-electron chi connectivity index (χ0n) is 11.7. The Morgan fingerprint density at radius 2 is 2.11 bits per heavy atom. The van der Waals surface area contributed by atoms with E-state index >= 15 is 0 Å². The molecule has 0 radical (unpaired) electrons. The third kappa shape index (κ3) is 2.54. The molecule has 2 aromatic rings. The molecule has 0 aromatic carbocycles. The second-order valence-electron chi connectivity index (χ2n) is 4.95. The van der Waals surface area contributed by atoms with E-state index in [-0.39, 0.29) is 11.0 Å². The third-order valence-electron chi connectivity index (χ3n) is 2.91. The Hall–Kier alpha value is -0.920. The molecule has 7 heteroatoms. The summed E-state index contributed by atoms with van der Waals surface area (Å²) in [6.07, 6.45) is 1.94. The molecular weight excluding hydrogens is 282 g/mol. The lowest BCUT2D eigenvalue weighted by Gasteiger charge is -2.24. The summed E-state index contributed by atoms with van der Waals surface area (Å²) >= 11 is 2.98. The van der Waals surface area contributed by atoms with Gasteiger partial charge in [-0.05, 0) is 6.26 Å². The largest absolute Gasteiger partial charge is 0.384 e. The number of fused-ring (bicyclic) bond motifs is 1. The molecule has 0 amide bonds. The van der Waals surface area contributed by atoms with Crippen LogP contribution >= 0.6 is 23.1 Å². The van der Waals surface area contributed by atoms with Gasteiger partial charge in [0.15, 0.2) is 14.7 Å². The van der Waals surface area contributed by atoms with Gasteiger partial charge in [-0.1, -0.05) is 36.9 Å². The number of thioether (sulfide) groups is 1. The minimum atomic E-state index is -0.319. The highest BCUT2D eigenvalue weighted by molar-refractivity contribution is 8.00. The standard InChI is InChI=1S/C12H17N3O2S2/c1-12(2,6-17-4)10-14-8-7(9(16)15(10)3)13-11(18-5)19-8/h6H2,1-5H3. The molecule has 0 bridgehead atoms. The van der Waals surface area contributed by atoms with Crippen molar-refractivity contribution in [3.63, 3.8) is 0 Å². The molecule has 0 saturated carbocycles. The monoisotopic (exact) mass is 299 g/mol. The van der Waals surface area contributed by atoms with Crippen LogP contribution in [0.25, 0.3) is 10.3 Å². The number of nitrogens with zero attached hydrogens (tertiary/aromatic N) is 3. The van der Waals surface area contributed by atoms with E-state index < -0.39 is 0 Å². The molecule has 2 rings (SSSR count). The molecule has 0 fully saturated rings. The van der Waals surface area contributed by atoms with E-state index in [1.165, 1.54) is 23.1 Å². The van der Waals surface area contributed by atoms with Crippen LogP contribution in [0.4, 0.5) is 0 Å². The van der Waals surface area contributed by atoms with Gasteiger partial charge in [0.25, 0.3) is 5.56 Å². The molecule has 5 nitrogen and oxygen atoms in total. The minimum Gasteiger partial charge on any atom is -0.384 e. The summed E-state index contributed by atoms with van der Waals surface area (Å²) in [7, 11) is 3.39. The van der Waals surface area contributed by atoms with Gasteiger partial charge in [-0.3, -0.25) is 9.36 Å². The van der Waals surface area contributed by atoms with Gasteiger partial charge in [-0.2, -0.15) is 0 Å². The van der Waals surface area contributed by atoms with Crippen molar-refractivity contribution in [3.05, 3.63) is 16.2 Å². The first-order chi connectivity index (χ1) is 8.90. The Kier molecular flexibility index (Phi) is 3.98. The molecule has 0 aliphatic heterocycles. The summed E-state index contributed by atoms with van der Waals surface area (Å²) in [6.45, 7) is 4.54. The summed E-state index contributed by atoms with van der Waals surface area (Å²) in [6, 6.07) is 0. The Morgan fingerprint density at radius 1 is 1.42 bits per heavy atom. The Balaban J connectivity index is 2.70. The van der Waals surface area contributed by atoms with Crippen molar-refractivity contribution in [2.75, 3.05) is 20.0 Å². The molecule has 104 valence electrons. The van der Waals surface area contributed by atoms with Gasteiger partial charge >= 0.3 is 0 Å². The predicted molar refractivity (Wildman–Crippen MR) is 79.3 cm³/mol. The van der Waals surface area contributed by atoms with Crippen molar-refractivity contribution in [3.8, 4) is 0 Å². The lowest BCUT2D eigenvalue weighted by Crippen LogP contribution is -2.34. The van der Waals surface area contributed by atoms with Crippen molar-refractivity contribution < 1.29 is 4.74 Å². The maximum Gasteiger partial charge on any atom is 0.280 e. The first kappa shape index (κ1) is 14.5. The van der Waals surface area contributed by atoms with E-state index in [4.69, 9.17) is 4.74 Å². The number of ether oxygens (including phenoxy) is 1. The molecule has 0 aliphatic carbocycles. The molecule has 0 spiro atoms. The van der Waals surface area contributed by atoms with Crippen LogP contribution in [0.5, 0.6) is 0 Å². The van der Waals surface area contributed by atoms with E-state index in [1.54, 1.807) is 18.7 Å². The summed E-state index contributed by atoms with van der Waals surface area (Å²) < 4.78 is 7.66. The predicted octanol–water partition coefficient (Wildman–Crippen LogP) is 2.04. The topological polar surface area (TPSA) is 57.0 Å². The van der Waals surface area contributed by atoms with Crippen LogP contribution in [-0.4, -0.2) is 34.5 Å². The molecule has 0 saturated heterocycles. The lowest BCUT2D eigenvalue weighted by molar-refractivity contribution is 0.140. The first-order valence-corrected chi connectivity index (χ1v) is 7.86. The van der Waals surface area contributed by atoms with E-state index in [1.807, 2.05) is 20.1 Å². The number of hydrogen-bond acceptors (Lipinski definition) is 6. The normalized spacial score (nSPS) is 12.3. The Bertz CT molecular complexity index is 661. The number of rotatable bonds is 4. The highest BCUT2D eigenvalue weighted by Crippen LogP contribution is 2.27. The highest BCUT2D eigenvalue weighted by Gasteiger charge is 2.27. The highest BCUT2D eigenvalue weighted by atomic mass is 32.2. The molecule has 0 N–H and O–H groups in total. The second-order valence-corrected chi connectivity index (χ2v) is 6.99. The Morgan fingerprint density at radius 3 is 2.68 bits per heavy atom. The smallest absolute Gasteiger partial charge is 0.280 e. The van der Waals surface area contributed by atoms with Crippen LogP contribution in [0.3, 0.4) is 0 Å². The lowest BCUT2D eigenvalue weighted by atomic mass is 9.93. The number of hydrogen-bond donors (Lipinski definition) is 0. The van der Waals surface area contributed by atoms with Crippen molar-refractivity contribution >= 4 is 33.4 Å². The van der Waals surface area contributed by atoms with Gasteiger partial charge in [0.2, 0.25) is 0 Å². The van der Waals surface area contributed by atoms with Gasteiger partial charge in [-0.15, -0.1) is 0 Å². The number of aromatic nitrogens is 3. The molecule has 0 aliphatic rings. The zero-order chi connectivity index (χ0) is 14.2. The summed E-state index contributed by atoms with van der Waals surface area (Å²) in [5.74, 6) is 0.725. The van der Waals surface area contributed by atoms with Crippen LogP contribution in [-0.2, 0) is 17.2 Å². The van der Waals surface area contributed by atoms with E-state index in [0.29, 0.717) is 17.0 Å². The SMILES string of the molecule is COCC(C)(C)c1nc2sc(SC)nc2c(=O)n1C. The van der Waals surface area contributed by atoms with Gasteiger partial charge in [0.1, 0.15) is 5.82 Å². The van der Waals surface area contributed by atoms with Gasteiger partial charge < -0.3 is 4.74 Å². The molecule has 0 atom stereocenters. The van der Waals surface area contributed by atoms with Gasteiger partial charge in [0.05, 0.1) is 6.61 Å². The second kappa shape index (κ2) is 5.22. The van der Waals surface area contributed by atoms with Crippen molar-refractivity contribution in [1.82, 2.24) is 14.5 Å². The number of thiazole rings is 1. The van der Waals surface area contributed by atoms with Crippen LogP contribution in [0.2, 0.25) is 0 Å². The van der Waals surface area contributed by atoms with Gasteiger partial charge in [0, 0.05) is 19.6 Å². The molecule has 2 heterocycles. The van der Waals surface area contributed by atoms with E-state index in [2.05, 4.69) is 9.97 Å². The fraction of sp³-hybridized carbons (Fsp3) is 0.583. The van der Waals surface area contributed by atoms with E-state index in [9.17, 15) is 4.79 Å². The summed E-state index contributed by atoms with van der Waals surface area (Å²) in [4.78, 5) is 22.0. The molecule has 2 aromatic heterocycles. The summed E-state index contributed by atoms with van der Waals surface area (Å²) in [5, 5.41) is 0. The van der Waals surface area contributed by atoms with Crippen LogP contribution in [0, 0.1) is 0 Å². The molecule has 19 heavy (non-hydrogen) atoms. The third-order valence-corrected chi connectivity index (χ3v) is 4.84. The Labute approximate surface area is 120 Å². The quantitative estimate of drug-likeness (QED) is 0.809. The minimum absolute atomic E-state index is 0.0965. The fourth-order valence-corrected chi connectivity index (χ4v) is 3.47. The van der Waals surface area contributed by atoms with Gasteiger partial charge in [-0.25, -0.2) is 9.97 Å². The summed E-state index contributed by atoms with van der Waals surface area (Å²) in [5.41, 5.74) is 0.0370. The van der Waals surface area contributed by atoms with Crippen molar-refractivity contribution in [2.24, 2.45) is 7.05 Å². The maximum atomic E-state index is 12.3. The average molecular weight is 299 g/mol. The zero-order valence-corrected chi connectivity index (χ0v) is 13.3. The van der Waals surface area contributed by atoms with Crippen molar-refractivity contribution in [2.45, 2.75) is 23.6 Å². The van der Waals surface area contributed by atoms with Crippen molar-refractivity contribution in [1.29, 1.82) is 0 Å². The van der Waals surface area contributed by atoms with Crippen LogP contribution < -0.4 is 5.56 Å². The van der Waals surface area contributed by atoms with Crippen LogP contribution in [0.15, 0.2) is 9.13 Å². The molecular formula is C12H17N3O2S2. The average Bonchev–Trinajstić information content (AvgIpc) is 2.77. The molecule has 0 unspecified atom stereocenters. The van der Waals surface area contributed by atoms with Crippen LogP contribution in [0.1, 0.15) is 19.7 Å². The number of methoxy groups -OCH3 is 1. The van der Waals surface area contributed by atoms with E-state index in [0.717, 1.165) is 10.2 Å². The maximum absolute atomic E-state index is 12.3. The fourth-order valence-electron chi connectivity index (χ4n) is 2.05.